The smallest absolute Gasteiger partial charge is 0.267 e. The highest BCUT2D eigenvalue weighted by Crippen LogP contribution is 2.28. The van der Waals surface area contributed by atoms with Crippen molar-refractivity contribution in [3.63, 3.8) is 0 Å². The van der Waals surface area contributed by atoms with Crippen molar-refractivity contribution in [2.75, 3.05) is 0 Å². The largest absolute Gasteiger partial charge is 0.274 e. The van der Waals surface area contributed by atoms with Crippen LogP contribution in [-0.2, 0) is 6.54 Å². The van der Waals surface area contributed by atoms with Gasteiger partial charge in [-0.2, -0.15) is 10.4 Å². The van der Waals surface area contributed by atoms with Crippen LogP contribution >= 0.6 is 0 Å². The molecule has 0 amide bonds. The van der Waals surface area contributed by atoms with Crippen molar-refractivity contribution in [2.24, 2.45) is 0 Å². The zero-order valence-electron chi connectivity index (χ0n) is 13.2. The van der Waals surface area contributed by atoms with Gasteiger partial charge in [0.1, 0.15) is 0 Å². The van der Waals surface area contributed by atoms with E-state index in [4.69, 9.17) is 5.26 Å². The molecule has 4 nitrogen and oxygen atoms in total. The first-order valence-electron chi connectivity index (χ1n) is 7.56. The molecule has 0 aliphatic heterocycles. The first kappa shape index (κ1) is 15.0. The van der Waals surface area contributed by atoms with Crippen LogP contribution in [0.4, 0.5) is 0 Å². The predicted molar refractivity (Wildman–Crippen MR) is 91.1 cm³/mol. The summed E-state index contributed by atoms with van der Waals surface area (Å²) in [5, 5.41) is 14.9. The number of rotatable bonds is 3. The Kier molecular flexibility index (Phi) is 3.94. The number of aromatic nitrogens is 2. The molecule has 0 atom stereocenters. The van der Waals surface area contributed by atoms with Gasteiger partial charge in [0.15, 0.2) is 0 Å². The molecule has 2 aromatic carbocycles. The normalized spacial score (nSPS) is 10.7. The highest BCUT2D eigenvalue weighted by molar-refractivity contribution is 5.94. The summed E-state index contributed by atoms with van der Waals surface area (Å²) in [7, 11) is 0. The van der Waals surface area contributed by atoms with Crippen molar-refractivity contribution in [2.45, 2.75) is 26.8 Å². The molecule has 1 aromatic heterocycles. The quantitative estimate of drug-likeness (QED) is 0.743. The van der Waals surface area contributed by atoms with Crippen LogP contribution in [-0.4, -0.2) is 9.78 Å². The lowest BCUT2D eigenvalue weighted by atomic mass is 9.99. The lowest BCUT2D eigenvalue weighted by Crippen LogP contribution is -2.24. The molecule has 3 rings (SSSR count). The molecule has 0 bridgehead atoms. The number of hydrogen-bond donors (Lipinski definition) is 0. The molecular formula is C19H17N3O. The molecule has 0 N–H and O–H groups in total. The van der Waals surface area contributed by atoms with E-state index in [1.165, 1.54) is 4.68 Å². The Hall–Kier alpha value is -2.93. The van der Waals surface area contributed by atoms with Crippen LogP contribution in [0.15, 0.2) is 47.3 Å². The summed E-state index contributed by atoms with van der Waals surface area (Å²) in [5.74, 6) is 0. The SMILES string of the molecule is Cc1ccc(C)c(-c2nn(CCC#N)c(=O)c3ccccc23)c1. The molecule has 23 heavy (non-hydrogen) atoms. The van der Waals surface area contributed by atoms with E-state index in [1.807, 2.05) is 38.1 Å². The Labute approximate surface area is 134 Å². The maximum atomic E-state index is 12.6. The summed E-state index contributed by atoms with van der Waals surface area (Å²) in [4.78, 5) is 12.6. The molecule has 0 aliphatic carbocycles. The molecule has 0 spiro atoms. The van der Waals surface area contributed by atoms with Crippen molar-refractivity contribution in [3.8, 4) is 17.3 Å². The Balaban J connectivity index is 2.35. The lowest BCUT2D eigenvalue weighted by molar-refractivity contribution is 0.598. The van der Waals surface area contributed by atoms with E-state index in [0.29, 0.717) is 11.9 Å². The molecule has 0 radical (unpaired) electrons. The minimum Gasteiger partial charge on any atom is -0.267 e. The van der Waals surface area contributed by atoms with Gasteiger partial charge >= 0.3 is 0 Å². The molecule has 1 heterocycles. The van der Waals surface area contributed by atoms with Gasteiger partial charge in [0.2, 0.25) is 0 Å². The summed E-state index contributed by atoms with van der Waals surface area (Å²) in [5.41, 5.74) is 3.92. The van der Waals surface area contributed by atoms with Gasteiger partial charge in [0.05, 0.1) is 30.1 Å². The number of hydrogen-bond acceptors (Lipinski definition) is 3. The summed E-state index contributed by atoms with van der Waals surface area (Å²) < 4.78 is 1.41. The summed E-state index contributed by atoms with van der Waals surface area (Å²) in [6.45, 7) is 4.38. The Morgan fingerprint density at radius 2 is 1.87 bits per heavy atom. The number of fused-ring (bicyclic) bond motifs is 1. The van der Waals surface area contributed by atoms with Crippen LogP contribution in [0.25, 0.3) is 22.0 Å². The van der Waals surface area contributed by atoms with Gasteiger partial charge in [-0.25, -0.2) is 4.68 Å². The Morgan fingerprint density at radius 1 is 1.13 bits per heavy atom. The third kappa shape index (κ3) is 2.74. The zero-order valence-corrected chi connectivity index (χ0v) is 13.2. The van der Waals surface area contributed by atoms with E-state index in [0.717, 1.165) is 27.8 Å². The van der Waals surface area contributed by atoms with Gasteiger partial charge in [-0.3, -0.25) is 4.79 Å². The summed E-state index contributed by atoms with van der Waals surface area (Å²) in [6, 6.07) is 15.8. The maximum absolute atomic E-state index is 12.6. The Bertz CT molecular complexity index is 980. The first-order valence-corrected chi connectivity index (χ1v) is 7.56. The first-order chi connectivity index (χ1) is 11.1. The van der Waals surface area contributed by atoms with E-state index in [1.54, 1.807) is 0 Å². The van der Waals surface area contributed by atoms with Gasteiger partial charge in [-0.15, -0.1) is 0 Å². The van der Waals surface area contributed by atoms with Gasteiger partial charge in [0.25, 0.3) is 5.56 Å². The highest BCUT2D eigenvalue weighted by Gasteiger charge is 2.13. The third-order valence-corrected chi connectivity index (χ3v) is 3.95. The van der Waals surface area contributed by atoms with E-state index in [2.05, 4.69) is 29.4 Å². The topological polar surface area (TPSA) is 58.7 Å². The monoisotopic (exact) mass is 303 g/mol. The average molecular weight is 303 g/mol. The zero-order chi connectivity index (χ0) is 16.4. The van der Waals surface area contributed by atoms with Crippen molar-refractivity contribution >= 4 is 10.8 Å². The summed E-state index contributed by atoms with van der Waals surface area (Å²) in [6.07, 6.45) is 0.261. The molecule has 114 valence electrons. The van der Waals surface area contributed by atoms with Crippen LogP contribution < -0.4 is 5.56 Å². The van der Waals surface area contributed by atoms with Gasteiger partial charge < -0.3 is 0 Å². The van der Waals surface area contributed by atoms with E-state index < -0.39 is 0 Å². The fourth-order valence-corrected chi connectivity index (χ4v) is 2.73. The average Bonchev–Trinajstić information content (AvgIpc) is 2.57. The van der Waals surface area contributed by atoms with Crippen molar-refractivity contribution in [1.82, 2.24) is 9.78 Å². The van der Waals surface area contributed by atoms with Gasteiger partial charge in [-0.1, -0.05) is 35.9 Å². The van der Waals surface area contributed by atoms with Gasteiger partial charge in [0, 0.05) is 10.9 Å². The van der Waals surface area contributed by atoms with Crippen molar-refractivity contribution < 1.29 is 0 Å². The molecule has 0 aliphatic rings. The molecule has 0 saturated heterocycles. The number of nitrogens with zero attached hydrogens (tertiary/aromatic N) is 3. The number of benzene rings is 2. The molecule has 3 aromatic rings. The van der Waals surface area contributed by atoms with Crippen molar-refractivity contribution in [1.29, 1.82) is 5.26 Å². The van der Waals surface area contributed by atoms with Crippen LogP contribution in [0.5, 0.6) is 0 Å². The number of aryl methyl sites for hydroxylation is 3. The Morgan fingerprint density at radius 3 is 2.61 bits per heavy atom. The minimum atomic E-state index is -0.148. The lowest BCUT2D eigenvalue weighted by Gasteiger charge is -2.12. The van der Waals surface area contributed by atoms with E-state index in [9.17, 15) is 4.79 Å². The van der Waals surface area contributed by atoms with Gasteiger partial charge in [-0.05, 0) is 31.5 Å². The van der Waals surface area contributed by atoms with Crippen LogP contribution in [0, 0.1) is 25.2 Å². The van der Waals surface area contributed by atoms with Crippen LogP contribution in [0.3, 0.4) is 0 Å². The predicted octanol–water partition coefficient (Wildman–Crippen LogP) is 3.59. The highest BCUT2D eigenvalue weighted by atomic mass is 16.1. The molecule has 0 fully saturated rings. The van der Waals surface area contributed by atoms with E-state index >= 15 is 0 Å². The van der Waals surface area contributed by atoms with Crippen LogP contribution in [0.1, 0.15) is 17.5 Å². The molecule has 0 unspecified atom stereocenters. The fourth-order valence-electron chi connectivity index (χ4n) is 2.73. The minimum absolute atomic E-state index is 0.148. The summed E-state index contributed by atoms with van der Waals surface area (Å²) >= 11 is 0. The maximum Gasteiger partial charge on any atom is 0.274 e. The van der Waals surface area contributed by atoms with E-state index in [-0.39, 0.29) is 12.0 Å². The second-order valence-electron chi connectivity index (χ2n) is 5.65. The molecule has 0 saturated carbocycles. The third-order valence-electron chi connectivity index (χ3n) is 3.95. The van der Waals surface area contributed by atoms with Crippen LogP contribution in [0.2, 0.25) is 0 Å². The second-order valence-corrected chi connectivity index (χ2v) is 5.65. The molecular weight excluding hydrogens is 286 g/mol. The second kappa shape index (κ2) is 6.05. The van der Waals surface area contributed by atoms with Crippen molar-refractivity contribution in [3.05, 3.63) is 63.9 Å². The standard InChI is InChI=1S/C19H17N3O/c1-13-8-9-14(2)17(12-13)18-15-6-3-4-7-16(15)19(23)22(21-18)11-5-10-20/h3-4,6-9,12H,5,11H2,1-2H3. The number of nitriles is 1. The fraction of sp³-hybridized carbons (Fsp3) is 0.211. The molecule has 4 heteroatoms.